The van der Waals surface area contributed by atoms with Crippen molar-refractivity contribution in [1.29, 1.82) is 0 Å². The van der Waals surface area contributed by atoms with Gasteiger partial charge in [-0.3, -0.25) is 0 Å². The lowest BCUT2D eigenvalue weighted by Gasteiger charge is -2.18. The quantitative estimate of drug-likeness (QED) is 0.342. The zero-order chi connectivity index (χ0) is 14.3. The van der Waals surface area contributed by atoms with E-state index in [2.05, 4.69) is 24.0 Å². The molecule has 1 aromatic carbocycles. The topological polar surface area (TPSA) is 71.1 Å². The summed E-state index contributed by atoms with van der Waals surface area (Å²) in [5, 5.41) is 11.7. The van der Waals surface area contributed by atoms with Crippen LogP contribution in [0, 0.1) is 0 Å². The Bertz CT molecular complexity index is 433. The number of hydrogen-bond acceptors (Lipinski definition) is 4. The first kappa shape index (κ1) is 15.3. The van der Waals surface area contributed by atoms with Crippen LogP contribution in [0.2, 0.25) is 0 Å². The minimum absolute atomic E-state index is 0.111. The summed E-state index contributed by atoms with van der Waals surface area (Å²) in [6, 6.07) is 5.52. The normalized spacial score (nSPS) is 11.9. The number of nitrogens with zero attached hydrogens (tertiary/aromatic N) is 2. The maximum Gasteiger partial charge on any atom is 0.170 e. The lowest BCUT2D eigenvalue weighted by Crippen LogP contribution is -2.20. The first-order chi connectivity index (χ1) is 9.12. The van der Waals surface area contributed by atoms with E-state index in [-0.39, 0.29) is 5.84 Å². The molecule has 19 heavy (non-hydrogen) atoms. The van der Waals surface area contributed by atoms with Crippen LogP contribution in [-0.2, 0) is 6.54 Å². The highest BCUT2D eigenvalue weighted by Gasteiger charge is 2.09. The molecule has 0 saturated carbocycles. The van der Waals surface area contributed by atoms with E-state index in [1.54, 1.807) is 13.2 Å². The van der Waals surface area contributed by atoms with Gasteiger partial charge in [0.25, 0.3) is 0 Å². The van der Waals surface area contributed by atoms with Crippen LogP contribution in [0.1, 0.15) is 30.9 Å². The predicted molar refractivity (Wildman–Crippen MR) is 76.7 cm³/mol. The smallest absolute Gasteiger partial charge is 0.170 e. The molecule has 5 heteroatoms. The van der Waals surface area contributed by atoms with Gasteiger partial charge in [0.2, 0.25) is 0 Å². The van der Waals surface area contributed by atoms with E-state index < -0.39 is 0 Å². The maximum atomic E-state index is 8.72. The molecule has 0 bridgehead atoms. The van der Waals surface area contributed by atoms with E-state index in [0.29, 0.717) is 5.56 Å². The molecule has 0 aliphatic carbocycles. The molecule has 0 saturated heterocycles. The van der Waals surface area contributed by atoms with Crippen LogP contribution < -0.4 is 10.5 Å². The van der Waals surface area contributed by atoms with Gasteiger partial charge in [-0.15, -0.1) is 0 Å². The fraction of sp³-hybridized carbons (Fsp3) is 0.500. The second-order valence-electron chi connectivity index (χ2n) is 4.60. The molecule has 0 fully saturated rings. The number of nitrogens with two attached hydrogens (primary N) is 1. The molecule has 0 radical (unpaired) electrons. The predicted octanol–water partition coefficient (Wildman–Crippen LogP) is 2.02. The summed E-state index contributed by atoms with van der Waals surface area (Å²) in [6.07, 6.45) is 2.34. The van der Waals surface area contributed by atoms with Crippen LogP contribution in [0.25, 0.3) is 0 Å². The van der Waals surface area contributed by atoms with Gasteiger partial charge in [-0.2, -0.15) is 0 Å². The highest BCUT2D eigenvalue weighted by molar-refractivity contribution is 5.97. The van der Waals surface area contributed by atoms with Gasteiger partial charge < -0.3 is 20.6 Å². The lowest BCUT2D eigenvalue weighted by molar-refractivity contribution is 0.312. The van der Waals surface area contributed by atoms with Gasteiger partial charge in [0.15, 0.2) is 5.84 Å². The monoisotopic (exact) mass is 265 g/mol. The number of methoxy groups -OCH3 is 1. The summed E-state index contributed by atoms with van der Waals surface area (Å²) >= 11 is 0. The number of rotatable bonds is 7. The van der Waals surface area contributed by atoms with Gasteiger partial charge in [0.05, 0.1) is 7.11 Å². The van der Waals surface area contributed by atoms with E-state index in [0.717, 1.165) is 24.4 Å². The summed E-state index contributed by atoms with van der Waals surface area (Å²) < 4.78 is 5.35. The molecule has 0 spiro atoms. The number of ether oxygens (including phenoxy) is 1. The van der Waals surface area contributed by atoms with Crippen molar-refractivity contribution in [3.05, 3.63) is 29.3 Å². The fourth-order valence-electron chi connectivity index (χ4n) is 1.92. The number of amidine groups is 1. The van der Waals surface area contributed by atoms with Crippen molar-refractivity contribution in [3.8, 4) is 5.75 Å². The highest BCUT2D eigenvalue weighted by Crippen LogP contribution is 2.21. The Morgan fingerprint density at radius 3 is 2.79 bits per heavy atom. The number of oxime groups is 1. The molecular formula is C14H23N3O2. The zero-order valence-electron chi connectivity index (χ0n) is 11.9. The van der Waals surface area contributed by atoms with E-state index >= 15 is 0 Å². The van der Waals surface area contributed by atoms with Gasteiger partial charge in [-0.1, -0.05) is 18.5 Å². The Morgan fingerprint density at radius 2 is 2.21 bits per heavy atom. The summed E-state index contributed by atoms with van der Waals surface area (Å²) in [5.74, 6) is 0.929. The molecule has 5 nitrogen and oxygen atoms in total. The Hall–Kier alpha value is -1.75. The summed E-state index contributed by atoms with van der Waals surface area (Å²) in [6.45, 7) is 3.98. The Morgan fingerprint density at radius 1 is 1.47 bits per heavy atom. The van der Waals surface area contributed by atoms with Crippen molar-refractivity contribution >= 4 is 5.84 Å². The van der Waals surface area contributed by atoms with Gasteiger partial charge in [0.1, 0.15) is 5.75 Å². The zero-order valence-corrected chi connectivity index (χ0v) is 11.9. The summed E-state index contributed by atoms with van der Waals surface area (Å²) in [4.78, 5) is 2.23. The van der Waals surface area contributed by atoms with Crippen LogP contribution in [0.4, 0.5) is 0 Å². The van der Waals surface area contributed by atoms with E-state index in [1.807, 2.05) is 12.1 Å². The largest absolute Gasteiger partial charge is 0.496 e. The second-order valence-corrected chi connectivity index (χ2v) is 4.60. The SMILES string of the molecule is CCCCN(C)Cc1cc(/C(N)=N/O)ccc1OC. The van der Waals surface area contributed by atoms with Gasteiger partial charge in [0, 0.05) is 17.7 Å². The first-order valence-corrected chi connectivity index (χ1v) is 6.45. The minimum Gasteiger partial charge on any atom is -0.496 e. The molecule has 1 aromatic rings. The fourth-order valence-corrected chi connectivity index (χ4v) is 1.92. The lowest BCUT2D eigenvalue weighted by atomic mass is 10.1. The van der Waals surface area contributed by atoms with Crippen molar-refractivity contribution in [1.82, 2.24) is 4.90 Å². The Labute approximate surface area is 114 Å². The van der Waals surface area contributed by atoms with Crippen LogP contribution in [-0.4, -0.2) is 36.6 Å². The first-order valence-electron chi connectivity index (χ1n) is 6.45. The van der Waals surface area contributed by atoms with E-state index in [4.69, 9.17) is 15.7 Å². The molecule has 1 rings (SSSR count). The molecule has 0 heterocycles. The van der Waals surface area contributed by atoms with Crippen molar-refractivity contribution in [2.45, 2.75) is 26.3 Å². The average molecular weight is 265 g/mol. The standard InChI is InChI=1S/C14H23N3O2/c1-4-5-8-17(2)10-12-9-11(14(15)16-18)6-7-13(12)19-3/h6-7,9,18H,4-5,8,10H2,1-3H3,(H2,15,16). The van der Waals surface area contributed by atoms with E-state index in [9.17, 15) is 0 Å². The number of unbranched alkanes of at least 4 members (excludes halogenated alkanes) is 1. The van der Waals surface area contributed by atoms with Crippen molar-refractivity contribution < 1.29 is 9.94 Å². The second kappa shape index (κ2) is 7.63. The van der Waals surface area contributed by atoms with Crippen LogP contribution in [0.3, 0.4) is 0 Å². The Balaban J connectivity index is 2.90. The molecule has 0 aliphatic rings. The average Bonchev–Trinajstić information content (AvgIpc) is 2.44. The maximum absolute atomic E-state index is 8.72. The van der Waals surface area contributed by atoms with Crippen LogP contribution in [0.15, 0.2) is 23.4 Å². The van der Waals surface area contributed by atoms with Crippen molar-refractivity contribution in [2.24, 2.45) is 10.9 Å². The molecule has 0 aromatic heterocycles. The van der Waals surface area contributed by atoms with Crippen molar-refractivity contribution in [3.63, 3.8) is 0 Å². The Kier molecular flexibility index (Phi) is 6.15. The van der Waals surface area contributed by atoms with Gasteiger partial charge in [-0.25, -0.2) is 0 Å². The molecule has 0 atom stereocenters. The van der Waals surface area contributed by atoms with E-state index in [1.165, 1.54) is 12.8 Å². The van der Waals surface area contributed by atoms with Gasteiger partial charge in [-0.05, 0) is 38.2 Å². The summed E-state index contributed by atoms with van der Waals surface area (Å²) in [5.41, 5.74) is 7.34. The third kappa shape index (κ3) is 4.44. The molecule has 3 N–H and O–H groups in total. The number of benzene rings is 1. The van der Waals surface area contributed by atoms with Crippen molar-refractivity contribution in [2.75, 3.05) is 20.7 Å². The van der Waals surface area contributed by atoms with Crippen LogP contribution in [0.5, 0.6) is 5.75 Å². The number of hydrogen-bond donors (Lipinski definition) is 2. The van der Waals surface area contributed by atoms with Crippen LogP contribution >= 0.6 is 0 Å². The molecule has 0 unspecified atom stereocenters. The minimum atomic E-state index is 0.111. The molecule has 0 aliphatic heterocycles. The molecular weight excluding hydrogens is 242 g/mol. The molecule has 106 valence electrons. The third-order valence-electron chi connectivity index (χ3n) is 3.02. The third-order valence-corrected chi connectivity index (χ3v) is 3.02. The van der Waals surface area contributed by atoms with Gasteiger partial charge >= 0.3 is 0 Å². The molecule has 0 amide bonds. The highest BCUT2D eigenvalue weighted by atomic mass is 16.5. The summed E-state index contributed by atoms with van der Waals surface area (Å²) in [7, 11) is 3.72.